The van der Waals surface area contributed by atoms with Crippen molar-refractivity contribution in [2.75, 3.05) is 0 Å². The average molecular weight is 316 g/mol. The maximum atomic E-state index is 9.70. The summed E-state index contributed by atoms with van der Waals surface area (Å²) in [6, 6.07) is 9.40. The number of aromatic hydroxyl groups is 4. The maximum absolute atomic E-state index is 9.70. The van der Waals surface area contributed by atoms with E-state index in [1.807, 2.05) is 0 Å². The molecular formula is C18H20O5. The maximum Gasteiger partial charge on any atom is 0.157 e. The Labute approximate surface area is 134 Å². The molecule has 2 aromatic carbocycles. The fourth-order valence-electron chi connectivity index (χ4n) is 3.16. The zero-order valence-electron chi connectivity index (χ0n) is 13.0. The molecule has 1 fully saturated rings. The van der Waals surface area contributed by atoms with Crippen LogP contribution in [-0.4, -0.2) is 20.4 Å². The quantitative estimate of drug-likeness (QED) is 0.636. The summed E-state index contributed by atoms with van der Waals surface area (Å²) in [7, 11) is 0. The van der Waals surface area contributed by atoms with Crippen LogP contribution >= 0.6 is 0 Å². The minimum absolute atomic E-state index is 0.160. The molecule has 1 saturated heterocycles. The van der Waals surface area contributed by atoms with Gasteiger partial charge in [-0.1, -0.05) is 26.0 Å². The van der Waals surface area contributed by atoms with Gasteiger partial charge in [-0.2, -0.15) is 0 Å². The number of phenolic OH excluding ortho intramolecular Hbond substituents is 4. The number of phenols is 4. The lowest BCUT2D eigenvalue weighted by molar-refractivity contribution is 0.0288. The summed E-state index contributed by atoms with van der Waals surface area (Å²) in [4.78, 5) is 0. The molecule has 2 aromatic rings. The van der Waals surface area contributed by atoms with Crippen LogP contribution in [0.5, 0.6) is 23.0 Å². The highest BCUT2D eigenvalue weighted by Crippen LogP contribution is 2.50. The van der Waals surface area contributed by atoms with Crippen LogP contribution < -0.4 is 0 Å². The van der Waals surface area contributed by atoms with Crippen LogP contribution in [0.1, 0.15) is 37.2 Å². The van der Waals surface area contributed by atoms with E-state index in [0.29, 0.717) is 0 Å². The standard InChI is InChI=1S/C18H20O5/c1-9-10(2)18(12-4-6-14(20)16(22)8-12)23-17(9)11-3-5-13(19)15(21)7-11/h3-10,17-22H,1-2H3/t9-,10+,17-,18+. The minimum atomic E-state index is -0.225. The molecule has 23 heavy (non-hydrogen) atoms. The van der Waals surface area contributed by atoms with Crippen LogP contribution in [0, 0.1) is 11.8 Å². The fraction of sp³-hybridized carbons (Fsp3) is 0.333. The van der Waals surface area contributed by atoms with Crippen molar-refractivity contribution in [2.24, 2.45) is 11.8 Å². The predicted octanol–water partition coefficient (Wildman–Crippen LogP) is 3.59. The van der Waals surface area contributed by atoms with Gasteiger partial charge in [-0.3, -0.25) is 0 Å². The highest BCUT2D eigenvalue weighted by Gasteiger charge is 2.40. The second kappa shape index (κ2) is 5.66. The fourth-order valence-corrected chi connectivity index (χ4v) is 3.16. The Bertz CT molecular complexity index is 666. The molecular weight excluding hydrogens is 296 g/mol. The number of rotatable bonds is 2. The van der Waals surface area contributed by atoms with Gasteiger partial charge >= 0.3 is 0 Å². The Hall–Kier alpha value is -2.40. The third kappa shape index (κ3) is 2.68. The second-order valence-corrected chi connectivity index (χ2v) is 6.19. The molecule has 5 heteroatoms. The molecule has 1 heterocycles. The number of hydrogen-bond acceptors (Lipinski definition) is 5. The molecule has 122 valence electrons. The zero-order chi connectivity index (χ0) is 16.7. The molecule has 0 spiro atoms. The van der Waals surface area contributed by atoms with Gasteiger partial charge in [0.25, 0.3) is 0 Å². The van der Waals surface area contributed by atoms with Crippen molar-refractivity contribution in [3.63, 3.8) is 0 Å². The largest absolute Gasteiger partial charge is 0.504 e. The van der Waals surface area contributed by atoms with Gasteiger partial charge in [0.1, 0.15) is 0 Å². The molecule has 1 aliphatic rings. The Morgan fingerprint density at radius 2 is 1.04 bits per heavy atom. The molecule has 4 atom stereocenters. The Balaban J connectivity index is 1.91. The van der Waals surface area contributed by atoms with Gasteiger partial charge in [-0.15, -0.1) is 0 Å². The van der Waals surface area contributed by atoms with Crippen LogP contribution in [0.3, 0.4) is 0 Å². The summed E-state index contributed by atoms with van der Waals surface area (Å²) in [6.07, 6.45) is -0.449. The molecule has 5 nitrogen and oxygen atoms in total. The molecule has 1 aliphatic heterocycles. The van der Waals surface area contributed by atoms with Gasteiger partial charge in [-0.05, 0) is 47.2 Å². The van der Waals surface area contributed by atoms with Crippen molar-refractivity contribution >= 4 is 0 Å². The first-order valence-electron chi connectivity index (χ1n) is 7.57. The van der Waals surface area contributed by atoms with Gasteiger partial charge < -0.3 is 25.2 Å². The first-order valence-corrected chi connectivity index (χ1v) is 7.57. The van der Waals surface area contributed by atoms with E-state index >= 15 is 0 Å². The Morgan fingerprint density at radius 1 is 0.652 bits per heavy atom. The molecule has 0 aromatic heterocycles. The average Bonchev–Trinajstić information content (AvgIpc) is 2.81. The minimum Gasteiger partial charge on any atom is -0.504 e. The molecule has 0 saturated carbocycles. The van der Waals surface area contributed by atoms with Gasteiger partial charge in [0.15, 0.2) is 23.0 Å². The second-order valence-electron chi connectivity index (χ2n) is 6.19. The Kier molecular flexibility index (Phi) is 3.82. The molecule has 0 bridgehead atoms. The SMILES string of the molecule is C[C@@H]1[C@H](C)[C@@H](c2ccc(O)c(O)c2)O[C@H]1c1ccc(O)c(O)c1. The summed E-state index contributed by atoms with van der Waals surface area (Å²) in [5, 5.41) is 38.3. The molecule has 0 aliphatic carbocycles. The first kappa shape index (κ1) is 15.5. The monoisotopic (exact) mass is 316 g/mol. The smallest absolute Gasteiger partial charge is 0.157 e. The lowest BCUT2D eigenvalue weighted by Crippen LogP contribution is -2.09. The third-order valence-electron chi connectivity index (χ3n) is 4.73. The van der Waals surface area contributed by atoms with E-state index in [9.17, 15) is 20.4 Å². The van der Waals surface area contributed by atoms with E-state index in [-0.39, 0.29) is 47.0 Å². The lowest BCUT2D eigenvalue weighted by Gasteiger charge is -2.17. The third-order valence-corrected chi connectivity index (χ3v) is 4.73. The zero-order valence-corrected chi connectivity index (χ0v) is 13.0. The van der Waals surface area contributed by atoms with E-state index in [4.69, 9.17) is 4.74 Å². The molecule has 0 unspecified atom stereocenters. The van der Waals surface area contributed by atoms with Gasteiger partial charge in [-0.25, -0.2) is 0 Å². The van der Waals surface area contributed by atoms with Crippen molar-refractivity contribution in [3.8, 4) is 23.0 Å². The summed E-state index contributed by atoms with van der Waals surface area (Å²) in [5.41, 5.74) is 1.59. The van der Waals surface area contributed by atoms with Gasteiger partial charge in [0.2, 0.25) is 0 Å². The van der Waals surface area contributed by atoms with Crippen molar-refractivity contribution in [1.82, 2.24) is 0 Å². The topological polar surface area (TPSA) is 90.2 Å². The van der Waals surface area contributed by atoms with E-state index in [2.05, 4.69) is 13.8 Å². The van der Waals surface area contributed by atoms with E-state index in [0.717, 1.165) is 11.1 Å². The van der Waals surface area contributed by atoms with Crippen molar-refractivity contribution < 1.29 is 25.2 Å². The number of hydrogen-bond donors (Lipinski definition) is 4. The Morgan fingerprint density at radius 3 is 1.39 bits per heavy atom. The molecule has 0 amide bonds. The highest BCUT2D eigenvalue weighted by atomic mass is 16.5. The first-order chi connectivity index (χ1) is 10.9. The summed E-state index contributed by atoms with van der Waals surface area (Å²) >= 11 is 0. The summed E-state index contributed by atoms with van der Waals surface area (Å²) in [6.45, 7) is 4.14. The van der Waals surface area contributed by atoms with Crippen LogP contribution in [0.4, 0.5) is 0 Å². The predicted molar refractivity (Wildman–Crippen MR) is 84.4 cm³/mol. The number of benzene rings is 2. The van der Waals surface area contributed by atoms with Gasteiger partial charge in [0.05, 0.1) is 12.2 Å². The van der Waals surface area contributed by atoms with Crippen LogP contribution in [0.2, 0.25) is 0 Å². The van der Waals surface area contributed by atoms with Crippen molar-refractivity contribution in [3.05, 3.63) is 47.5 Å². The molecule has 4 N–H and O–H groups in total. The van der Waals surface area contributed by atoms with E-state index in [1.165, 1.54) is 24.3 Å². The van der Waals surface area contributed by atoms with Crippen molar-refractivity contribution in [1.29, 1.82) is 0 Å². The normalized spacial score (nSPS) is 27.2. The number of ether oxygens (including phenoxy) is 1. The van der Waals surface area contributed by atoms with Crippen LogP contribution in [-0.2, 0) is 4.74 Å². The van der Waals surface area contributed by atoms with E-state index < -0.39 is 0 Å². The van der Waals surface area contributed by atoms with Crippen molar-refractivity contribution in [2.45, 2.75) is 26.1 Å². The van der Waals surface area contributed by atoms with Gasteiger partial charge in [0, 0.05) is 0 Å². The lowest BCUT2D eigenvalue weighted by atomic mass is 9.85. The summed E-state index contributed by atoms with van der Waals surface area (Å²) in [5.74, 6) is -0.298. The molecule has 3 rings (SSSR count). The van der Waals surface area contributed by atoms with E-state index in [1.54, 1.807) is 12.1 Å². The molecule has 0 radical (unpaired) electrons. The van der Waals surface area contributed by atoms with Crippen LogP contribution in [0.15, 0.2) is 36.4 Å². The summed E-state index contributed by atoms with van der Waals surface area (Å²) < 4.78 is 6.16. The highest BCUT2D eigenvalue weighted by molar-refractivity contribution is 5.43. The van der Waals surface area contributed by atoms with Crippen LogP contribution in [0.25, 0.3) is 0 Å².